The molecule has 0 aliphatic carbocycles. The number of aromatic nitrogens is 3. The molecule has 152 valence electrons. The molecule has 29 heavy (non-hydrogen) atoms. The van der Waals surface area contributed by atoms with Gasteiger partial charge < -0.3 is 14.7 Å². The molecule has 0 saturated carbocycles. The van der Waals surface area contributed by atoms with Crippen molar-refractivity contribution < 1.29 is 23.0 Å². The van der Waals surface area contributed by atoms with E-state index in [2.05, 4.69) is 15.0 Å². The third-order valence-electron chi connectivity index (χ3n) is 4.14. The normalized spacial score (nSPS) is 11.3. The fourth-order valence-corrected chi connectivity index (χ4v) is 2.79. The molecule has 1 N–H and O–H groups in total. The third kappa shape index (κ3) is 5.00. The number of para-hydroxylation sites is 1. The molecular weight excluding hydrogens is 385 g/mol. The van der Waals surface area contributed by atoms with Gasteiger partial charge in [-0.25, -0.2) is 9.97 Å². The maximum absolute atomic E-state index is 13.5. The van der Waals surface area contributed by atoms with Gasteiger partial charge in [-0.3, -0.25) is 4.98 Å². The van der Waals surface area contributed by atoms with Gasteiger partial charge >= 0.3 is 6.18 Å². The summed E-state index contributed by atoms with van der Waals surface area (Å²) in [4.78, 5) is 13.5. The minimum atomic E-state index is -4.66. The summed E-state index contributed by atoms with van der Waals surface area (Å²) < 4.78 is 45.7. The lowest BCUT2D eigenvalue weighted by molar-refractivity contribution is -0.141. The smallest absolute Gasteiger partial charge is 0.433 e. The average molecular weight is 404 g/mol. The minimum absolute atomic E-state index is 0.0351. The van der Waals surface area contributed by atoms with E-state index >= 15 is 0 Å². The van der Waals surface area contributed by atoms with E-state index in [-0.39, 0.29) is 37.0 Å². The number of hydrogen-bond donors (Lipinski definition) is 1. The molecule has 6 nitrogen and oxygen atoms in total. The summed E-state index contributed by atoms with van der Waals surface area (Å²) in [6, 6.07) is 12.9. The van der Waals surface area contributed by atoms with Gasteiger partial charge in [0.2, 0.25) is 0 Å². The molecule has 0 spiro atoms. The molecule has 3 aromatic rings. The number of anilines is 1. The van der Waals surface area contributed by atoms with Crippen molar-refractivity contribution >= 4 is 5.82 Å². The maximum Gasteiger partial charge on any atom is 0.433 e. The zero-order valence-electron chi connectivity index (χ0n) is 15.6. The fourth-order valence-electron chi connectivity index (χ4n) is 2.79. The number of pyridine rings is 1. The molecular formula is C20H19F3N4O2. The van der Waals surface area contributed by atoms with Crippen LogP contribution in [0.3, 0.4) is 0 Å². The number of rotatable bonds is 7. The first-order valence-electron chi connectivity index (χ1n) is 8.77. The summed E-state index contributed by atoms with van der Waals surface area (Å²) in [5.41, 5.74) is -0.109. The summed E-state index contributed by atoms with van der Waals surface area (Å²) >= 11 is 0. The number of methoxy groups -OCH3 is 1. The van der Waals surface area contributed by atoms with Gasteiger partial charge in [-0.05, 0) is 18.2 Å². The highest BCUT2D eigenvalue weighted by atomic mass is 19.4. The van der Waals surface area contributed by atoms with E-state index in [1.165, 1.54) is 19.4 Å². The van der Waals surface area contributed by atoms with Crippen LogP contribution in [0.4, 0.5) is 19.0 Å². The number of aliphatic hydroxyl groups is 1. The Kier molecular flexibility index (Phi) is 6.28. The fraction of sp³-hybridized carbons (Fsp3) is 0.250. The average Bonchev–Trinajstić information content (AvgIpc) is 2.73. The van der Waals surface area contributed by atoms with Crippen molar-refractivity contribution in [3.8, 4) is 17.3 Å². The maximum atomic E-state index is 13.5. The first-order valence-corrected chi connectivity index (χ1v) is 8.77. The van der Waals surface area contributed by atoms with Crippen molar-refractivity contribution in [1.29, 1.82) is 0 Å². The number of alkyl halides is 3. The molecule has 2 aromatic heterocycles. The van der Waals surface area contributed by atoms with E-state index < -0.39 is 11.9 Å². The van der Waals surface area contributed by atoms with E-state index in [9.17, 15) is 18.3 Å². The van der Waals surface area contributed by atoms with Crippen molar-refractivity contribution in [2.24, 2.45) is 0 Å². The molecule has 0 bridgehead atoms. The molecule has 3 rings (SSSR count). The van der Waals surface area contributed by atoms with Crippen molar-refractivity contribution in [2.45, 2.75) is 12.7 Å². The quantitative estimate of drug-likeness (QED) is 0.649. The van der Waals surface area contributed by atoms with E-state index in [1.807, 2.05) is 0 Å². The highest BCUT2D eigenvalue weighted by molar-refractivity contribution is 5.54. The SMILES string of the molecule is COc1ccccc1CN(CCO)c1cc(C(F)(F)F)nc(-c2ccccn2)n1. The highest BCUT2D eigenvalue weighted by Gasteiger charge is 2.34. The zero-order valence-corrected chi connectivity index (χ0v) is 15.6. The van der Waals surface area contributed by atoms with Gasteiger partial charge in [-0.1, -0.05) is 24.3 Å². The van der Waals surface area contributed by atoms with E-state index in [4.69, 9.17) is 4.74 Å². The molecule has 0 amide bonds. The van der Waals surface area contributed by atoms with Crippen molar-refractivity contribution in [3.63, 3.8) is 0 Å². The van der Waals surface area contributed by atoms with Crippen LogP contribution in [-0.4, -0.2) is 40.3 Å². The Balaban J connectivity index is 2.07. The molecule has 2 heterocycles. The van der Waals surface area contributed by atoms with Crippen LogP contribution in [0.1, 0.15) is 11.3 Å². The van der Waals surface area contributed by atoms with E-state index in [1.54, 1.807) is 41.3 Å². The predicted molar refractivity (Wildman–Crippen MR) is 101 cm³/mol. The molecule has 0 fully saturated rings. The Labute approximate surface area is 165 Å². The summed E-state index contributed by atoms with van der Waals surface area (Å²) in [7, 11) is 1.51. The Morgan fingerprint density at radius 3 is 2.48 bits per heavy atom. The second kappa shape index (κ2) is 8.87. The molecule has 0 radical (unpaired) electrons. The Bertz CT molecular complexity index is 952. The standard InChI is InChI=1S/C20H19F3N4O2/c1-29-16-8-3-2-6-14(16)13-27(10-11-28)18-12-17(20(21,22)23)25-19(26-18)15-7-4-5-9-24-15/h2-9,12,28H,10-11,13H2,1H3. The molecule has 0 aliphatic rings. The summed E-state index contributed by atoms with van der Waals surface area (Å²) in [5.74, 6) is 0.483. The highest BCUT2D eigenvalue weighted by Crippen LogP contribution is 2.32. The van der Waals surface area contributed by atoms with E-state index in [0.717, 1.165) is 11.6 Å². The number of hydrogen-bond acceptors (Lipinski definition) is 6. The van der Waals surface area contributed by atoms with E-state index in [0.29, 0.717) is 5.75 Å². The molecule has 0 aliphatic heterocycles. The Morgan fingerprint density at radius 1 is 1.07 bits per heavy atom. The minimum Gasteiger partial charge on any atom is -0.496 e. The van der Waals surface area contributed by atoms with Crippen LogP contribution in [-0.2, 0) is 12.7 Å². The predicted octanol–water partition coefficient (Wildman–Crippen LogP) is 3.56. The first-order chi connectivity index (χ1) is 13.9. The van der Waals surface area contributed by atoms with Gasteiger partial charge in [0.1, 0.15) is 17.3 Å². The van der Waals surface area contributed by atoms with Gasteiger partial charge in [0.15, 0.2) is 11.5 Å². The lowest BCUT2D eigenvalue weighted by Crippen LogP contribution is -2.28. The monoisotopic (exact) mass is 404 g/mol. The van der Waals surface area contributed by atoms with Gasteiger partial charge in [-0.2, -0.15) is 13.2 Å². The molecule has 0 unspecified atom stereocenters. The Hall–Kier alpha value is -3.20. The number of benzene rings is 1. The van der Waals surface area contributed by atoms with Crippen LogP contribution in [0, 0.1) is 0 Å². The van der Waals surface area contributed by atoms with Crippen LogP contribution < -0.4 is 9.64 Å². The van der Waals surface area contributed by atoms with Crippen molar-refractivity contribution in [1.82, 2.24) is 15.0 Å². The van der Waals surface area contributed by atoms with Gasteiger partial charge in [0, 0.05) is 30.9 Å². The summed E-state index contributed by atoms with van der Waals surface area (Å²) in [6.45, 7) is 0.00792. The van der Waals surface area contributed by atoms with Gasteiger partial charge in [-0.15, -0.1) is 0 Å². The van der Waals surface area contributed by atoms with Gasteiger partial charge in [0.25, 0.3) is 0 Å². The number of aliphatic hydroxyl groups excluding tert-OH is 1. The molecule has 0 atom stereocenters. The van der Waals surface area contributed by atoms with Crippen molar-refractivity contribution in [2.75, 3.05) is 25.2 Å². The lowest BCUT2D eigenvalue weighted by Gasteiger charge is -2.25. The molecule has 9 heteroatoms. The summed E-state index contributed by atoms with van der Waals surface area (Å²) in [6.07, 6.45) is -3.20. The largest absolute Gasteiger partial charge is 0.496 e. The second-order valence-corrected chi connectivity index (χ2v) is 6.10. The number of halogens is 3. The van der Waals surface area contributed by atoms with Crippen LogP contribution in [0.5, 0.6) is 5.75 Å². The van der Waals surface area contributed by atoms with Gasteiger partial charge in [0.05, 0.1) is 13.7 Å². The Morgan fingerprint density at radius 2 is 1.83 bits per heavy atom. The lowest BCUT2D eigenvalue weighted by atomic mass is 10.2. The molecule has 1 aromatic carbocycles. The van der Waals surface area contributed by atoms with Crippen LogP contribution in [0.2, 0.25) is 0 Å². The third-order valence-corrected chi connectivity index (χ3v) is 4.14. The number of ether oxygens (including phenoxy) is 1. The van der Waals surface area contributed by atoms with Crippen molar-refractivity contribution in [3.05, 3.63) is 66.0 Å². The second-order valence-electron chi connectivity index (χ2n) is 6.10. The first kappa shape index (κ1) is 20.5. The molecule has 0 saturated heterocycles. The summed E-state index contributed by atoms with van der Waals surface area (Å²) in [5, 5.41) is 9.47. The topological polar surface area (TPSA) is 71.4 Å². The number of nitrogens with zero attached hydrogens (tertiary/aromatic N) is 4. The van der Waals surface area contributed by atoms with Crippen LogP contribution in [0.25, 0.3) is 11.5 Å². The van der Waals surface area contributed by atoms with Crippen LogP contribution >= 0.6 is 0 Å². The van der Waals surface area contributed by atoms with Crippen LogP contribution in [0.15, 0.2) is 54.7 Å². The zero-order chi connectivity index (χ0) is 20.9.